The smallest absolute Gasteiger partial charge is 0.303 e. The highest BCUT2D eigenvalue weighted by Crippen LogP contribution is 2.35. The molecule has 0 aliphatic carbocycles. The monoisotopic (exact) mass is 502 g/mol. The van der Waals surface area contributed by atoms with E-state index >= 15 is 0 Å². The van der Waals surface area contributed by atoms with Crippen LogP contribution in [0.3, 0.4) is 0 Å². The van der Waals surface area contributed by atoms with Gasteiger partial charge in [-0.15, -0.1) is 0 Å². The van der Waals surface area contributed by atoms with Crippen LogP contribution in [0.25, 0.3) is 0 Å². The first-order valence-corrected chi connectivity index (χ1v) is 12.0. The molecule has 0 aromatic heterocycles. The van der Waals surface area contributed by atoms with Crippen molar-refractivity contribution < 1.29 is 33.0 Å². The van der Waals surface area contributed by atoms with Crippen LogP contribution >= 0.6 is 0 Å². The van der Waals surface area contributed by atoms with Gasteiger partial charge < -0.3 is 20.1 Å². The van der Waals surface area contributed by atoms with Gasteiger partial charge in [0.25, 0.3) is 5.91 Å². The van der Waals surface area contributed by atoms with E-state index in [4.69, 9.17) is 9.84 Å². The van der Waals surface area contributed by atoms with Crippen molar-refractivity contribution in [1.29, 1.82) is 0 Å². The number of carbonyl (C=O) groups is 3. The van der Waals surface area contributed by atoms with Crippen LogP contribution in [-0.2, 0) is 26.2 Å². The maximum atomic E-state index is 14.7. The Balaban J connectivity index is 1.93. The van der Waals surface area contributed by atoms with Gasteiger partial charge in [-0.1, -0.05) is 26.8 Å². The molecule has 0 spiro atoms. The first kappa shape index (κ1) is 27.1. The number of aliphatic carboxylic acids is 1. The second kappa shape index (κ2) is 11.1. The van der Waals surface area contributed by atoms with Crippen LogP contribution in [0.4, 0.5) is 14.5 Å². The third kappa shape index (κ3) is 6.19. The van der Waals surface area contributed by atoms with E-state index in [0.717, 1.165) is 17.7 Å². The molecular formula is C27H32F2N2O5. The number of ether oxygens (including phenoxy) is 1. The normalized spacial score (nSPS) is 15.3. The summed E-state index contributed by atoms with van der Waals surface area (Å²) in [6.07, 6.45) is 0.420. The molecule has 2 aromatic carbocycles. The zero-order chi connectivity index (χ0) is 26.6. The van der Waals surface area contributed by atoms with Gasteiger partial charge in [0.05, 0.1) is 6.61 Å². The Morgan fingerprint density at radius 3 is 2.36 bits per heavy atom. The molecule has 0 unspecified atom stereocenters. The molecule has 0 bridgehead atoms. The highest BCUT2D eigenvalue weighted by Gasteiger charge is 2.36. The Hall–Kier alpha value is -3.49. The predicted molar refractivity (Wildman–Crippen MR) is 131 cm³/mol. The molecular weight excluding hydrogens is 470 g/mol. The van der Waals surface area contributed by atoms with E-state index in [1.54, 1.807) is 32.9 Å². The standard InChI is InChI=1S/C27H32F2N2O5/c1-5-36-18-9-10-19-16(13-18)11-12-31(22(32)7-6-8-23(33)34)25(19)26(35)30-17-14-20(28)24(21(29)15-17)27(2,3)4/h9-10,13-15,25H,5-8,11-12H2,1-4H3,(H,30,35)(H,33,34)/t25-/m1/s1. The molecule has 7 nitrogen and oxygen atoms in total. The van der Waals surface area contributed by atoms with Crippen LogP contribution in [0.15, 0.2) is 30.3 Å². The molecule has 2 aromatic rings. The molecule has 0 saturated carbocycles. The van der Waals surface area contributed by atoms with Gasteiger partial charge in [0.15, 0.2) is 0 Å². The second-order valence-electron chi connectivity index (χ2n) is 9.83. The van der Waals surface area contributed by atoms with E-state index in [-0.39, 0.29) is 43.0 Å². The lowest BCUT2D eigenvalue weighted by atomic mass is 9.86. The van der Waals surface area contributed by atoms with Gasteiger partial charge in [-0.25, -0.2) is 8.78 Å². The fourth-order valence-corrected chi connectivity index (χ4v) is 4.52. The molecule has 0 fully saturated rings. The van der Waals surface area contributed by atoms with Crippen LogP contribution in [0, 0.1) is 11.6 Å². The van der Waals surface area contributed by atoms with E-state index < -0.39 is 35.0 Å². The number of anilines is 1. The summed E-state index contributed by atoms with van der Waals surface area (Å²) < 4.78 is 35.1. The van der Waals surface area contributed by atoms with Gasteiger partial charge in [0.1, 0.15) is 23.4 Å². The number of nitrogens with zero attached hydrogens (tertiary/aromatic N) is 1. The summed E-state index contributed by atoms with van der Waals surface area (Å²) in [7, 11) is 0. The van der Waals surface area contributed by atoms with Crippen molar-refractivity contribution in [2.75, 3.05) is 18.5 Å². The molecule has 1 aliphatic heterocycles. The number of nitrogens with one attached hydrogen (secondary N) is 1. The summed E-state index contributed by atoms with van der Waals surface area (Å²) in [6, 6.07) is 6.34. The molecule has 0 saturated heterocycles. The first-order chi connectivity index (χ1) is 16.9. The zero-order valence-corrected chi connectivity index (χ0v) is 21.0. The van der Waals surface area contributed by atoms with Gasteiger partial charge in [0, 0.05) is 30.6 Å². The van der Waals surface area contributed by atoms with Crippen molar-refractivity contribution >= 4 is 23.5 Å². The molecule has 2 N–H and O–H groups in total. The number of rotatable bonds is 8. The zero-order valence-electron chi connectivity index (χ0n) is 21.0. The van der Waals surface area contributed by atoms with Crippen molar-refractivity contribution in [3.63, 3.8) is 0 Å². The van der Waals surface area contributed by atoms with Crippen molar-refractivity contribution in [2.24, 2.45) is 0 Å². The molecule has 36 heavy (non-hydrogen) atoms. The molecule has 1 heterocycles. The summed E-state index contributed by atoms with van der Waals surface area (Å²) >= 11 is 0. The molecule has 1 aliphatic rings. The van der Waals surface area contributed by atoms with E-state index in [1.165, 1.54) is 4.90 Å². The quantitative estimate of drug-likeness (QED) is 0.531. The number of carbonyl (C=O) groups excluding carboxylic acids is 2. The number of amides is 2. The van der Waals surface area contributed by atoms with Crippen LogP contribution in [-0.4, -0.2) is 40.9 Å². The third-order valence-corrected chi connectivity index (χ3v) is 6.06. The summed E-state index contributed by atoms with van der Waals surface area (Å²) in [5.74, 6) is -2.90. The second-order valence-corrected chi connectivity index (χ2v) is 9.83. The van der Waals surface area contributed by atoms with Gasteiger partial charge in [-0.05, 0) is 60.6 Å². The number of carboxylic acid groups (broad SMARTS) is 1. The Labute approximate surface area is 209 Å². The number of hydrogen-bond acceptors (Lipinski definition) is 4. The Bertz CT molecular complexity index is 1140. The van der Waals surface area contributed by atoms with E-state index in [9.17, 15) is 23.2 Å². The summed E-state index contributed by atoms with van der Waals surface area (Å²) in [4.78, 5) is 38.7. The van der Waals surface area contributed by atoms with Gasteiger partial charge in [-0.2, -0.15) is 0 Å². The van der Waals surface area contributed by atoms with Gasteiger partial charge >= 0.3 is 5.97 Å². The van der Waals surface area contributed by atoms with Gasteiger partial charge in [-0.3, -0.25) is 14.4 Å². The number of carboxylic acids is 1. The summed E-state index contributed by atoms with van der Waals surface area (Å²) in [5, 5.41) is 11.5. The molecule has 0 radical (unpaired) electrons. The maximum Gasteiger partial charge on any atom is 0.303 e. The molecule has 3 rings (SSSR count). The fourth-order valence-electron chi connectivity index (χ4n) is 4.52. The number of benzene rings is 2. The van der Waals surface area contributed by atoms with Gasteiger partial charge in [0.2, 0.25) is 5.91 Å². The van der Waals surface area contributed by atoms with Crippen molar-refractivity contribution in [2.45, 2.75) is 64.8 Å². The maximum absolute atomic E-state index is 14.7. The highest BCUT2D eigenvalue weighted by molar-refractivity contribution is 5.98. The molecule has 1 atom stereocenters. The highest BCUT2D eigenvalue weighted by atomic mass is 19.1. The minimum atomic E-state index is -1.05. The molecule has 2 amide bonds. The van der Waals surface area contributed by atoms with Crippen molar-refractivity contribution in [3.05, 3.63) is 58.7 Å². The number of hydrogen-bond donors (Lipinski definition) is 2. The Morgan fingerprint density at radius 2 is 1.78 bits per heavy atom. The Kier molecular flexibility index (Phi) is 8.32. The molecule has 9 heteroatoms. The number of halogens is 2. The summed E-state index contributed by atoms with van der Waals surface area (Å²) in [5.41, 5.74) is 0.509. The number of fused-ring (bicyclic) bond motifs is 1. The van der Waals surface area contributed by atoms with E-state index in [2.05, 4.69) is 5.32 Å². The lowest BCUT2D eigenvalue weighted by Crippen LogP contribution is -2.45. The lowest BCUT2D eigenvalue weighted by molar-refractivity contribution is -0.140. The lowest BCUT2D eigenvalue weighted by Gasteiger charge is -2.36. The van der Waals surface area contributed by atoms with Crippen LogP contribution in [0.5, 0.6) is 5.75 Å². The van der Waals surface area contributed by atoms with E-state index in [1.807, 2.05) is 13.0 Å². The fraction of sp³-hybridized carbons (Fsp3) is 0.444. The average molecular weight is 503 g/mol. The summed E-state index contributed by atoms with van der Waals surface area (Å²) in [6.45, 7) is 7.63. The predicted octanol–water partition coefficient (Wildman–Crippen LogP) is 4.98. The SMILES string of the molecule is CCOc1ccc2c(c1)CCN(C(=O)CCCC(=O)O)[C@H]2C(=O)Nc1cc(F)c(C(C)(C)C)c(F)c1. The van der Waals surface area contributed by atoms with Crippen LogP contribution in [0.2, 0.25) is 0 Å². The van der Waals surface area contributed by atoms with Crippen LogP contribution < -0.4 is 10.1 Å². The van der Waals surface area contributed by atoms with E-state index in [0.29, 0.717) is 24.3 Å². The first-order valence-electron chi connectivity index (χ1n) is 12.0. The Morgan fingerprint density at radius 1 is 1.11 bits per heavy atom. The van der Waals surface area contributed by atoms with Crippen LogP contribution in [0.1, 0.15) is 69.7 Å². The third-order valence-electron chi connectivity index (χ3n) is 6.06. The van der Waals surface area contributed by atoms with Crippen molar-refractivity contribution in [3.8, 4) is 5.75 Å². The molecule has 194 valence electrons. The van der Waals surface area contributed by atoms with Crippen molar-refractivity contribution in [1.82, 2.24) is 4.90 Å². The minimum Gasteiger partial charge on any atom is -0.494 e. The minimum absolute atomic E-state index is 0.0357. The largest absolute Gasteiger partial charge is 0.494 e. The topological polar surface area (TPSA) is 95.9 Å². The average Bonchev–Trinajstić information content (AvgIpc) is 2.76.